The molecule has 0 spiro atoms. The quantitative estimate of drug-likeness (QED) is 0.473. The molecular weight excluding hydrogens is 308 g/mol. The molecule has 4 nitrogen and oxygen atoms in total. The third kappa shape index (κ3) is 3.29. The molecule has 0 saturated carbocycles. The summed E-state index contributed by atoms with van der Waals surface area (Å²) in [6.45, 7) is 6.41. The van der Waals surface area contributed by atoms with Crippen LogP contribution in [0.5, 0.6) is 0 Å². The van der Waals surface area contributed by atoms with E-state index in [1.54, 1.807) is 0 Å². The van der Waals surface area contributed by atoms with Crippen molar-refractivity contribution in [2.24, 2.45) is 0 Å². The van der Waals surface area contributed by atoms with Gasteiger partial charge in [0.15, 0.2) is 0 Å². The first-order valence-electron chi connectivity index (χ1n) is 7.50. The lowest BCUT2D eigenvalue weighted by molar-refractivity contribution is -0.117. The summed E-state index contributed by atoms with van der Waals surface area (Å²) in [5.41, 5.74) is 1.32. The van der Waals surface area contributed by atoms with Crippen LogP contribution in [0.2, 0.25) is 19.6 Å². The van der Waals surface area contributed by atoms with Crippen molar-refractivity contribution in [1.82, 2.24) is 0 Å². The van der Waals surface area contributed by atoms with Crippen molar-refractivity contribution in [2.45, 2.75) is 26.1 Å². The maximum atomic E-state index is 12.7. The number of hydrogen-bond acceptors (Lipinski definition) is 4. The van der Waals surface area contributed by atoms with Crippen molar-refractivity contribution in [1.29, 1.82) is 0 Å². The SMILES string of the molecule is COC1=C(OC)C(=O)C(=C(Cc2ccccc2)[Si](C)(C)C)C1=O. The van der Waals surface area contributed by atoms with Crippen LogP contribution in [0, 0.1) is 0 Å². The third-order valence-electron chi connectivity index (χ3n) is 3.91. The molecule has 0 saturated heterocycles. The van der Waals surface area contributed by atoms with Gasteiger partial charge in [0.25, 0.3) is 0 Å². The molecule has 5 heteroatoms. The predicted molar refractivity (Wildman–Crippen MR) is 91.6 cm³/mol. The van der Waals surface area contributed by atoms with Gasteiger partial charge in [0.1, 0.15) is 0 Å². The zero-order chi connectivity index (χ0) is 17.2. The molecule has 1 aromatic rings. The molecule has 1 aromatic carbocycles. The molecule has 1 aliphatic carbocycles. The zero-order valence-corrected chi connectivity index (χ0v) is 15.2. The average Bonchev–Trinajstić information content (AvgIpc) is 2.74. The molecule has 1 aliphatic rings. The predicted octanol–water partition coefficient (Wildman–Crippen LogP) is 3.06. The van der Waals surface area contributed by atoms with Crippen molar-refractivity contribution in [3.05, 3.63) is 58.2 Å². The monoisotopic (exact) mass is 330 g/mol. The Morgan fingerprint density at radius 3 is 1.78 bits per heavy atom. The fourth-order valence-electron chi connectivity index (χ4n) is 2.71. The van der Waals surface area contributed by atoms with Gasteiger partial charge in [0.2, 0.25) is 23.1 Å². The molecular formula is C18H22O4Si. The van der Waals surface area contributed by atoms with Crippen molar-refractivity contribution in [3.8, 4) is 0 Å². The van der Waals surface area contributed by atoms with Gasteiger partial charge >= 0.3 is 0 Å². The highest BCUT2D eigenvalue weighted by Crippen LogP contribution is 2.33. The van der Waals surface area contributed by atoms with Gasteiger partial charge in [-0.3, -0.25) is 9.59 Å². The minimum atomic E-state index is -1.90. The van der Waals surface area contributed by atoms with Crippen molar-refractivity contribution >= 4 is 19.6 Å². The first-order chi connectivity index (χ1) is 10.8. The molecule has 0 N–H and O–H groups in total. The lowest BCUT2D eigenvalue weighted by Crippen LogP contribution is -2.30. The fourth-order valence-corrected chi connectivity index (χ4v) is 4.42. The van der Waals surface area contributed by atoms with Gasteiger partial charge in [-0.05, 0) is 12.0 Å². The second-order valence-electron chi connectivity index (χ2n) is 6.49. The van der Waals surface area contributed by atoms with E-state index in [-0.39, 0.29) is 28.7 Å². The highest BCUT2D eigenvalue weighted by atomic mass is 28.3. The maximum Gasteiger partial charge on any atom is 0.235 e. The van der Waals surface area contributed by atoms with Gasteiger partial charge in [0, 0.05) is 0 Å². The summed E-state index contributed by atoms with van der Waals surface area (Å²) < 4.78 is 10.2. The van der Waals surface area contributed by atoms with Crippen LogP contribution < -0.4 is 0 Å². The van der Waals surface area contributed by atoms with Gasteiger partial charge in [-0.25, -0.2) is 0 Å². The molecule has 122 valence electrons. The van der Waals surface area contributed by atoms with Gasteiger partial charge in [-0.2, -0.15) is 0 Å². The molecule has 0 amide bonds. The summed E-state index contributed by atoms with van der Waals surface area (Å²) in [5.74, 6) is -0.696. The van der Waals surface area contributed by atoms with E-state index in [1.807, 2.05) is 30.3 Å². The molecule has 0 bridgehead atoms. The first kappa shape index (κ1) is 17.2. The van der Waals surface area contributed by atoms with E-state index in [9.17, 15) is 9.59 Å². The Hall–Kier alpha value is -2.14. The highest BCUT2D eigenvalue weighted by molar-refractivity contribution is 6.84. The number of hydrogen-bond donors (Lipinski definition) is 0. The van der Waals surface area contributed by atoms with Crippen LogP contribution in [-0.2, 0) is 25.5 Å². The van der Waals surface area contributed by atoms with Crippen LogP contribution in [0.3, 0.4) is 0 Å². The standard InChI is InChI=1S/C18H22O4Si/c1-21-17-15(19)14(16(20)18(17)22-2)13(23(3,4)5)11-12-9-7-6-8-10-12/h6-10H,11H2,1-5H3. The zero-order valence-electron chi connectivity index (χ0n) is 14.2. The highest BCUT2D eigenvalue weighted by Gasteiger charge is 2.42. The van der Waals surface area contributed by atoms with E-state index < -0.39 is 8.07 Å². The molecule has 0 radical (unpaired) electrons. The Labute approximate surface area is 137 Å². The largest absolute Gasteiger partial charge is 0.489 e. The van der Waals surface area contributed by atoms with Crippen molar-refractivity contribution in [2.75, 3.05) is 14.2 Å². The number of carbonyl (C=O) groups is 2. The number of benzene rings is 1. The van der Waals surface area contributed by atoms with Crippen molar-refractivity contribution in [3.63, 3.8) is 0 Å². The molecule has 2 rings (SSSR count). The van der Waals surface area contributed by atoms with Gasteiger partial charge in [-0.15, -0.1) is 0 Å². The normalized spacial score (nSPS) is 15.3. The number of ether oxygens (including phenoxy) is 2. The molecule has 0 unspecified atom stereocenters. The molecule has 23 heavy (non-hydrogen) atoms. The van der Waals surface area contributed by atoms with Gasteiger partial charge in [-0.1, -0.05) is 55.2 Å². The van der Waals surface area contributed by atoms with E-state index in [2.05, 4.69) is 19.6 Å². The number of rotatable bonds is 5. The van der Waals surface area contributed by atoms with E-state index in [0.29, 0.717) is 6.42 Å². The number of ketones is 2. The molecule has 0 fully saturated rings. The van der Waals surface area contributed by atoms with Crippen LogP contribution in [-0.4, -0.2) is 33.9 Å². The number of allylic oxidation sites excluding steroid dienone is 3. The summed E-state index contributed by atoms with van der Waals surface area (Å²) >= 11 is 0. The lowest BCUT2D eigenvalue weighted by atomic mass is 10.1. The van der Waals surface area contributed by atoms with Crippen LogP contribution in [0.4, 0.5) is 0 Å². The molecule has 0 atom stereocenters. The summed E-state index contributed by atoms with van der Waals surface area (Å²) in [6, 6.07) is 9.88. The van der Waals surface area contributed by atoms with E-state index >= 15 is 0 Å². The van der Waals surface area contributed by atoms with Gasteiger partial charge in [0.05, 0.1) is 27.9 Å². The first-order valence-corrected chi connectivity index (χ1v) is 11.0. The summed E-state index contributed by atoms with van der Waals surface area (Å²) in [4.78, 5) is 25.4. The second-order valence-corrected chi connectivity index (χ2v) is 11.6. The Bertz CT molecular complexity index is 665. The summed E-state index contributed by atoms with van der Waals surface area (Å²) in [5, 5.41) is 0.931. The Balaban J connectivity index is 2.57. The minimum Gasteiger partial charge on any atom is -0.489 e. The number of Topliss-reactive ketones (excluding diaryl/α,β-unsaturated/α-hetero) is 2. The van der Waals surface area contributed by atoms with Crippen LogP contribution >= 0.6 is 0 Å². The Kier molecular flexibility index (Phi) is 4.90. The molecule has 0 aliphatic heterocycles. The second kappa shape index (κ2) is 6.54. The molecule has 0 heterocycles. The van der Waals surface area contributed by atoms with Crippen LogP contribution in [0.1, 0.15) is 5.56 Å². The smallest absolute Gasteiger partial charge is 0.235 e. The average molecular weight is 330 g/mol. The third-order valence-corrected chi connectivity index (χ3v) is 6.15. The lowest BCUT2D eigenvalue weighted by Gasteiger charge is -2.23. The van der Waals surface area contributed by atoms with E-state index in [1.165, 1.54) is 14.2 Å². The van der Waals surface area contributed by atoms with Crippen LogP contribution in [0.25, 0.3) is 0 Å². The number of carbonyl (C=O) groups excluding carboxylic acids is 2. The Morgan fingerprint density at radius 1 is 0.913 bits per heavy atom. The topological polar surface area (TPSA) is 52.6 Å². The number of methoxy groups -OCH3 is 2. The van der Waals surface area contributed by atoms with Gasteiger partial charge < -0.3 is 9.47 Å². The Morgan fingerprint density at radius 2 is 1.39 bits per heavy atom. The summed E-state index contributed by atoms with van der Waals surface area (Å²) in [6.07, 6.45) is 0.595. The molecule has 0 aromatic heterocycles. The van der Waals surface area contributed by atoms with E-state index in [4.69, 9.17) is 9.47 Å². The van der Waals surface area contributed by atoms with Crippen LogP contribution in [0.15, 0.2) is 52.6 Å². The van der Waals surface area contributed by atoms with Crippen molar-refractivity contribution < 1.29 is 19.1 Å². The summed E-state index contributed by atoms with van der Waals surface area (Å²) in [7, 11) is 0.863. The minimum absolute atomic E-state index is 0.0105. The van der Waals surface area contributed by atoms with E-state index in [0.717, 1.165) is 10.8 Å². The maximum absolute atomic E-state index is 12.7. The fraction of sp³-hybridized carbons (Fsp3) is 0.333.